The van der Waals surface area contributed by atoms with Gasteiger partial charge >= 0.3 is 0 Å². The van der Waals surface area contributed by atoms with E-state index in [1.807, 2.05) is 0 Å². The zero-order chi connectivity index (χ0) is 15.6. The highest BCUT2D eigenvalue weighted by Crippen LogP contribution is 2.25. The minimum atomic E-state index is -4.06. The fraction of sp³-hybridized carbons (Fsp3) is 0.143. The predicted molar refractivity (Wildman–Crippen MR) is 81.3 cm³/mol. The second-order valence-corrected chi connectivity index (χ2v) is 6.62. The van der Waals surface area contributed by atoms with Gasteiger partial charge in [0, 0.05) is 11.6 Å². The average Bonchev–Trinajstić information content (AvgIpc) is 2.43. The van der Waals surface area contributed by atoms with Gasteiger partial charge in [0.05, 0.1) is 5.69 Å². The number of hydrogen-bond donors (Lipinski definition) is 2. The number of anilines is 1. The van der Waals surface area contributed by atoms with E-state index in [1.54, 1.807) is 19.1 Å². The molecule has 0 radical (unpaired) electrons. The molecule has 2 aromatic rings. The molecule has 0 fully saturated rings. The minimum absolute atomic E-state index is 0.124. The summed E-state index contributed by atoms with van der Waals surface area (Å²) in [5.41, 5.74) is 6.97. The molecule has 0 aliphatic rings. The van der Waals surface area contributed by atoms with Crippen molar-refractivity contribution < 1.29 is 12.8 Å². The highest BCUT2D eigenvalue weighted by Gasteiger charge is 2.20. The van der Waals surface area contributed by atoms with Gasteiger partial charge in [-0.3, -0.25) is 4.72 Å². The maximum Gasteiger partial charge on any atom is 0.264 e. The second-order valence-electron chi connectivity index (χ2n) is 4.53. The van der Waals surface area contributed by atoms with Gasteiger partial charge in [-0.1, -0.05) is 23.7 Å². The first-order valence-corrected chi connectivity index (χ1v) is 7.97. The first-order valence-electron chi connectivity index (χ1n) is 6.11. The van der Waals surface area contributed by atoms with Crippen LogP contribution in [-0.2, 0) is 16.6 Å². The van der Waals surface area contributed by atoms with Crippen LogP contribution in [0.2, 0.25) is 5.02 Å². The molecule has 0 atom stereocenters. The van der Waals surface area contributed by atoms with Gasteiger partial charge in [0.25, 0.3) is 10.0 Å². The lowest BCUT2D eigenvalue weighted by atomic mass is 10.2. The number of benzene rings is 2. The summed E-state index contributed by atoms with van der Waals surface area (Å²) in [6.45, 7) is 1.85. The number of nitrogens with two attached hydrogens (primary N) is 1. The summed E-state index contributed by atoms with van der Waals surface area (Å²) >= 11 is 5.85. The number of aryl methyl sites for hydroxylation is 1. The third-order valence-electron chi connectivity index (χ3n) is 2.96. The quantitative estimate of drug-likeness (QED) is 0.906. The van der Waals surface area contributed by atoms with Gasteiger partial charge in [-0.2, -0.15) is 0 Å². The standard InChI is InChI=1S/C14H14ClFN2O2S/c1-9-2-4-11(15)7-13(9)18-21(19,20)14-6-10(8-17)3-5-12(14)16/h2-7,18H,8,17H2,1H3. The van der Waals surface area contributed by atoms with Crippen molar-refractivity contribution in [2.24, 2.45) is 5.73 Å². The molecule has 4 nitrogen and oxygen atoms in total. The molecule has 21 heavy (non-hydrogen) atoms. The molecular weight excluding hydrogens is 315 g/mol. The normalized spacial score (nSPS) is 11.4. The Morgan fingerprint density at radius 3 is 2.62 bits per heavy atom. The monoisotopic (exact) mass is 328 g/mol. The van der Waals surface area contributed by atoms with Gasteiger partial charge < -0.3 is 5.73 Å². The van der Waals surface area contributed by atoms with E-state index in [0.29, 0.717) is 21.8 Å². The Kier molecular flexibility index (Phi) is 4.51. The third-order valence-corrected chi connectivity index (χ3v) is 4.58. The lowest BCUT2D eigenvalue weighted by Gasteiger charge is -2.12. The number of halogens is 2. The second kappa shape index (κ2) is 6.01. The number of nitrogens with one attached hydrogen (secondary N) is 1. The first kappa shape index (κ1) is 15.8. The van der Waals surface area contributed by atoms with Gasteiger partial charge in [-0.05, 0) is 42.3 Å². The summed E-state index contributed by atoms with van der Waals surface area (Å²) in [5.74, 6) is -0.834. The molecule has 0 amide bonds. The molecule has 0 unspecified atom stereocenters. The highest BCUT2D eigenvalue weighted by molar-refractivity contribution is 7.92. The van der Waals surface area contributed by atoms with Crippen LogP contribution in [0.4, 0.5) is 10.1 Å². The van der Waals surface area contributed by atoms with E-state index in [-0.39, 0.29) is 6.54 Å². The van der Waals surface area contributed by atoms with E-state index < -0.39 is 20.7 Å². The van der Waals surface area contributed by atoms with Crippen LogP contribution in [-0.4, -0.2) is 8.42 Å². The zero-order valence-corrected chi connectivity index (χ0v) is 12.8. The van der Waals surface area contributed by atoms with Crippen molar-refractivity contribution in [1.82, 2.24) is 0 Å². The lowest BCUT2D eigenvalue weighted by Crippen LogP contribution is -2.16. The van der Waals surface area contributed by atoms with Crippen molar-refractivity contribution in [3.63, 3.8) is 0 Å². The van der Waals surface area contributed by atoms with Crippen LogP contribution in [0.15, 0.2) is 41.3 Å². The maximum atomic E-state index is 13.8. The molecule has 0 bridgehead atoms. The predicted octanol–water partition coefficient (Wildman–Crippen LogP) is 3.05. The van der Waals surface area contributed by atoms with Crippen molar-refractivity contribution in [1.29, 1.82) is 0 Å². The van der Waals surface area contributed by atoms with Crippen LogP contribution in [0.1, 0.15) is 11.1 Å². The van der Waals surface area contributed by atoms with Crippen LogP contribution in [0.5, 0.6) is 0 Å². The van der Waals surface area contributed by atoms with E-state index in [0.717, 1.165) is 6.07 Å². The summed E-state index contributed by atoms with van der Waals surface area (Å²) in [5, 5.41) is 0.384. The zero-order valence-electron chi connectivity index (χ0n) is 11.2. The smallest absolute Gasteiger partial charge is 0.264 e. The molecule has 0 saturated carbocycles. The Labute approximate surface area is 127 Å². The molecule has 0 heterocycles. The van der Waals surface area contributed by atoms with E-state index in [2.05, 4.69) is 4.72 Å². The van der Waals surface area contributed by atoms with Gasteiger partial charge in [0.2, 0.25) is 0 Å². The average molecular weight is 329 g/mol. The Bertz CT molecular complexity index is 779. The van der Waals surface area contributed by atoms with Gasteiger partial charge in [0.15, 0.2) is 0 Å². The Morgan fingerprint density at radius 1 is 1.24 bits per heavy atom. The molecule has 3 N–H and O–H groups in total. The number of hydrogen-bond acceptors (Lipinski definition) is 3. The molecule has 2 rings (SSSR count). The number of sulfonamides is 1. The van der Waals surface area contributed by atoms with Crippen LogP contribution in [0.25, 0.3) is 0 Å². The SMILES string of the molecule is Cc1ccc(Cl)cc1NS(=O)(=O)c1cc(CN)ccc1F. The van der Waals surface area contributed by atoms with Crippen molar-refractivity contribution >= 4 is 27.3 Å². The van der Waals surface area contributed by atoms with Crippen LogP contribution < -0.4 is 10.5 Å². The summed E-state index contributed by atoms with van der Waals surface area (Å²) < 4.78 is 40.8. The van der Waals surface area contributed by atoms with Crippen molar-refractivity contribution in [3.05, 3.63) is 58.4 Å². The largest absolute Gasteiger partial charge is 0.326 e. The number of rotatable bonds is 4. The highest BCUT2D eigenvalue weighted by atomic mass is 35.5. The summed E-state index contributed by atoms with van der Waals surface area (Å²) in [6, 6.07) is 8.54. The topological polar surface area (TPSA) is 72.2 Å². The lowest BCUT2D eigenvalue weighted by molar-refractivity contribution is 0.569. The van der Waals surface area contributed by atoms with Crippen LogP contribution >= 0.6 is 11.6 Å². The summed E-state index contributed by atoms with van der Waals surface area (Å²) in [6.07, 6.45) is 0. The Morgan fingerprint density at radius 2 is 1.95 bits per heavy atom. The van der Waals surface area contributed by atoms with Crippen LogP contribution in [0, 0.1) is 12.7 Å². The molecular formula is C14H14ClFN2O2S. The Hall–Kier alpha value is -1.63. The van der Waals surface area contributed by atoms with E-state index >= 15 is 0 Å². The first-order chi connectivity index (χ1) is 9.83. The van der Waals surface area contributed by atoms with Gasteiger partial charge in [-0.15, -0.1) is 0 Å². The molecule has 0 saturated heterocycles. The summed E-state index contributed by atoms with van der Waals surface area (Å²) in [4.78, 5) is -0.440. The van der Waals surface area contributed by atoms with Crippen LogP contribution in [0.3, 0.4) is 0 Å². The molecule has 7 heteroatoms. The van der Waals surface area contributed by atoms with Crippen molar-refractivity contribution in [2.75, 3.05) is 4.72 Å². The minimum Gasteiger partial charge on any atom is -0.326 e. The Balaban J connectivity index is 2.45. The molecule has 0 aliphatic heterocycles. The summed E-state index contributed by atoms with van der Waals surface area (Å²) in [7, 11) is -4.06. The molecule has 0 aliphatic carbocycles. The fourth-order valence-corrected chi connectivity index (χ4v) is 3.21. The van der Waals surface area contributed by atoms with E-state index in [9.17, 15) is 12.8 Å². The molecule has 0 spiro atoms. The molecule has 112 valence electrons. The van der Waals surface area contributed by atoms with Gasteiger partial charge in [-0.25, -0.2) is 12.8 Å². The van der Waals surface area contributed by atoms with E-state index in [4.69, 9.17) is 17.3 Å². The molecule has 2 aromatic carbocycles. The van der Waals surface area contributed by atoms with E-state index in [1.165, 1.54) is 18.2 Å². The van der Waals surface area contributed by atoms with Crippen molar-refractivity contribution in [2.45, 2.75) is 18.4 Å². The maximum absolute atomic E-state index is 13.8. The van der Waals surface area contributed by atoms with Gasteiger partial charge in [0.1, 0.15) is 10.7 Å². The molecule has 0 aromatic heterocycles. The third kappa shape index (κ3) is 3.53. The van der Waals surface area contributed by atoms with Crippen molar-refractivity contribution in [3.8, 4) is 0 Å². The fourth-order valence-electron chi connectivity index (χ4n) is 1.78.